The summed E-state index contributed by atoms with van der Waals surface area (Å²) in [6.07, 6.45) is 2.72. The summed E-state index contributed by atoms with van der Waals surface area (Å²) in [4.78, 5) is 12.2. The zero-order chi connectivity index (χ0) is 14.7. The van der Waals surface area contributed by atoms with Crippen molar-refractivity contribution in [3.8, 4) is 0 Å². The minimum Gasteiger partial charge on any atom is -0.378 e. The van der Waals surface area contributed by atoms with E-state index in [4.69, 9.17) is 0 Å². The number of halogens is 1. The lowest BCUT2D eigenvalue weighted by molar-refractivity contribution is -0.121. The van der Waals surface area contributed by atoms with Gasteiger partial charge in [-0.3, -0.25) is 4.79 Å². The van der Waals surface area contributed by atoms with Crippen LogP contribution in [0, 0.1) is 9.49 Å². The topological polar surface area (TPSA) is 29.1 Å². The molecule has 0 bridgehead atoms. The molecule has 2 aromatic rings. The quantitative estimate of drug-likeness (QED) is 0.758. The molecule has 2 aromatic carbocycles. The van der Waals surface area contributed by atoms with Gasteiger partial charge in [0.1, 0.15) is 5.78 Å². The number of hydrogen-bond donors (Lipinski definition) is 1. The monoisotopic (exact) mass is 391 g/mol. The van der Waals surface area contributed by atoms with E-state index in [2.05, 4.69) is 64.3 Å². The van der Waals surface area contributed by atoms with Gasteiger partial charge < -0.3 is 5.32 Å². The lowest BCUT2D eigenvalue weighted by Gasteiger charge is -2.25. The van der Waals surface area contributed by atoms with E-state index in [1.165, 1.54) is 9.13 Å². The van der Waals surface area contributed by atoms with Gasteiger partial charge in [0.25, 0.3) is 0 Å². The molecule has 1 aliphatic rings. The Labute approximate surface area is 139 Å². The van der Waals surface area contributed by atoms with E-state index in [9.17, 15) is 4.79 Å². The highest BCUT2D eigenvalue weighted by molar-refractivity contribution is 14.1. The number of carbonyl (C=O) groups is 1. The molecule has 108 valence electrons. The number of Topliss-reactive ketones (excluding diaryl/α,β-unsaturated/α-hetero) is 1. The summed E-state index contributed by atoms with van der Waals surface area (Å²) in [5.41, 5.74) is 2.26. The predicted octanol–water partition coefficient (Wildman–Crippen LogP) is 4.81. The Balaban J connectivity index is 1.88. The number of hydrogen-bond acceptors (Lipinski definition) is 2. The van der Waals surface area contributed by atoms with E-state index in [0.717, 1.165) is 24.9 Å². The molecular weight excluding hydrogens is 373 g/mol. The van der Waals surface area contributed by atoms with E-state index in [1.54, 1.807) is 0 Å². The van der Waals surface area contributed by atoms with Crippen molar-refractivity contribution in [1.82, 2.24) is 0 Å². The summed E-state index contributed by atoms with van der Waals surface area (Å²) in [5.74, 6) is 0.480. The van der Waals surface area contributed by atoms with Gasteiger partial charge in [0.15, 0.2) is 0 Å². The van der Waals surface area contributed by atoms with Gasteiger partial charge in [0.2, 0.25) is 0 Å². The molecule has 0 saturated heterocycles. The van der Waals surface area contributed by atoms with Crippen molar-refractivity contribution >= 4 is 34.1 Å². The third-order valence-corrected chi connectivity index (χ3v) is 4.80. The van der Waals surface area contributed by atoms with Crippen molar-refractivity contribution < 1.29 is 4.79 Å². The van der Waals surface area contributed by atoms with Crippen molar-refractivity contribution in [2.45, 2.75) is 25.3 Å². The van der Waals surface area contributed by atoms with Crippen molar-refractivity contribution in [3.63, 3.8) is 0 Å². The zero-order valence-corrected chi connectivity index (χ0v) is 13.9. The van der Waals surface area contributed by atoms with Crippen LogP contribution in [0.25, 0.3) is 0 Å². The summed E-state index contributed by atoms with van der Waals surface area (Å²) in [6.45, 7) is 0. The maximum atomic E-state index is 12.2. The highest BCUT2D eigenvalue weighted by atomic mass is 127. The molecule has 1 N–H and O–H groups in total. The average Bonchev–Trinajstić information content (AvgIpc) is 2.93. The van der Waals surface area contributed by atoms with Crippen LogP contribution in [0.1, 0.15) is 30.9 Å². The first-order valence-electron chi connectivity index (χ1n) is 7.34. The van der Waals surface area contributed by atoms with Crippen LogP contribution in [0.5, 0.6) is 0 Å². The fourth-order valence-electron chi connectivity index (χ4n) is 3.00. The third-order valence-electron chi connectivity index (χ3n) is 4.08. The van der Waals surface area contributed by atoms with Crippen LogP contribution in [0.15, 0.2) is 54.6 Å². The molecule has 2 unspecified atom stereocenters. The van der Waals surface area contributed by atoms with E-state index < -0.39 is 0 Å². The highest BCUT2D eigenvalue weighted by Crippen LogP contribution is 2.35. The number of carbonyl (C=O) groups excluding carboxylic acids is 1. The normalized spacial score (nSPS) is 19.5. The molecule has 0 spiro atoms. The second-order valence-electron chi connectivity index (χ2n) is 5.50. The van der Waals surface area contributed by atoms with Gasteiger partial charge in [-0.1, -0.05) is 30.3 Å². The number of ketones is 1. The lowest BCUT2D eigenvalue weighted by Crippen LogP contribution is -2.24. The van der Waals surface area contributed by atoms with Crippen molar-refractivity contribution in [2.75, 3.05) is 5.32 Å². The number of nitrogens with one attached hydrogen (secondary N) is 1. The Morgan fingerprint density at radius 1 is 1.05 bits per heavy atom. The van der Waals surface area contributed by atoms with E-state index >= 15 is 0 Å². The standard InChI is InChI=1S/C18H18INO/c19-14-9-11-15(12-10-14)20-18(13-5-2-1-3-6-13)16-7-4-8-17(16)21/h1-3,5-6,9-12,16,18,20H,4,7-8H2. The summed E-state index contributed by atoms with van der Waals surface area (Å²) >= 11 is 2.30. The minimum atomic E-state index is 0.0706. The van der Waals surface area contributed by atoms with E-state index in [-0.39, 0.29) is 12.0 Å². The van der Waals surface area contributed by atoms with Gasteiger partial charge in [0, 0.05) is 21.6 Å². The molecular formula is C18H18INO. The first kappa shape index (κ1) is 14.6. The van der Waals surface area contributed by atoms with Gasteiger partial charge in [0.05, 0.1) is 6.04 Å². The largest absolute Gasteiger partial charge is 0.378 e. The maximum Gasteiger partial charge on any atom is 0.138 e. The molecule has 2 atom stereocenters. The molecule has 21 heavy (non-hydrogen) atoms. The fourth-order valence-corrected chi connectivity index (χ4v) is 3.36. The molecule has 0 aromatic heterocycles. The summed E-state index contributed by atoms with van der Waals surface area (Å²) in [7, 11) is 0. The van der Waals surface area contributed by atoms with Gasteiger partial charge >= 0.3 is 0 Å². The molecule has 3 heteroatoms. The van der Waals surface area contributed by atoms with Gasteiger partial charge in [-0.05, 0) is 65.3 Å². The molecule has 2 nitrogen and oxygen atoms in total. The van der Waals surface area contributed by atoms with Gasteiger partial charge in [-0.2, -0.15) is 0 Å². The molecule has 0 amide bonds. The SMILES string of the molecule is O=C1CCCC1C(Nc1ccc(I)cc1)c1ccccc1. The predicted molar refractivity (Wildman–Crippen MR) is 94.3 cm³/mol. The fraction of sp³-hybridized carbons (Fsp3) is 0.278. The Kier molecular flexibility index (Phi) is 4.58. The number of benzene rings is 2. The zero-order valence-electron chi connectivity index (χ0n) is 11.8. The smallest absolute Gasteiger partial charge is 0.138 e. The number of anilines is 1. The van der Waals surface area contributed by atoms with Crippen LogP contribution >= 0.6 is 22.6 Å². The second kappa shape index (κ2) is 6.60. The molecule has 1 fully saturated rings. The lowest BCUT2D eigenvalue weighted by atomic mass is 9.90. The van der Waals surface area contributed by atoms with Gasteiger partial charge in [-0.15, -0.1) is 0 Å². The van der Waals surface area contributed by atoms with Crippen molar-refractivity contribution in [3.05, 3.63) is 63.7 Å². The van der Waals surface area contributed by atoms with Crippen LogP contribution in [-0.4, -0.2) is 5.78 Å². The van der Waals surface area contributed by atoms with Crippen LogP contribution in [0.4, 0.5) is 5.69 Å². The van der Waals surface area contributed by atoms with Gasteiger partial charge in [-0.25, -0.2) is 0 Å². The Hall–Kier alpha value is -1.36. The minimum absolute atomic E-state index is 0.0706. The molecule has 0 aliphatic heterocycles. The molecule has 0 heterocycles. The Morgan fingerprint density at radius 2 is 1.76 bits per heavy atom. The molecule has 0 radical (unpaired) electrons. The first-order chi connectivity index (χ1) is 10.2. The van der Waals surface area contributed by atoms with Crippen molar-refractivity contribution in [1.29, 1.82) is 0 Å². The maximum absolute atomic E-state index is 12.2. The summed E-state index contributed by atoms with van der Waals surface area (Å²) < 4.78 is 1.21. The van der Waals surface area contributed by atoms with Crippen molar-refractivity contribution in [2.24, 2.45) is 5.92 Å². The van der Waals surface area contributed by atoms with E-state index in [0.29, 0.717) is 5.78 Å². The van der Waals surface area contributed by atoms with Crippen LogP contribution in [0.2, 0.25) is 0 Å². The third kappa shape index (κ3) is 3.46. The van der Waals surface area contributed by atoms with E-state index in [1.807, 2.05) is 18.2 Å². The summed E-state index contributed by atoms with van der Waals surface area (Å²) in [5, 5.41) is 3.57. The highest BCUT2D eigenvalue weighted by Gasteiger charge is 2.32. The van der Waals surface area contributed by atoms with Crippen LogP contribution in [0.3, 0.4) is 0 Å². The Morgan fingerprint density at radius 3 is 2.38 bits per heavy atom. The molecule has 3 rings (SSSR count). The summed E-state index contributed by atoms with van der Waals surface area (Å²) in [6, 6.07) is 18.7. The Bertz CT molecular complexity index is 609. The van der Waals surface area contributed by atoms with Crippen LogP contribution < -0.4 is 5.32 Å². The molecule has 1 saturated carbocycles. The first-order valence-corrected chi connectivity index (χ1v) is 8.42. The molecule has 1 aliphatic carbocycles. The average molecular weight is 391 g/mol. The van der Waals surface area contributed by atoms with Crippen LogP contribution in [-0.2, 0) is 4.79 Å². The number of rotatable bonds is 4. The second-order valence-corrected chi connectivity index (χ2v) is 6.75.